The minimum Gasteiger partial charge on any atom is -0.378 e. The number of ether oxygens (including phenoxy) is 1. The van der Waals surface area contributed by atoms with Crippen molar-refractivity contribution in [3.05, 3.63) is 10.4 Å². The van der Waals surface area contributed by atoms with Crippen LogP contribution in [0, 0.1) is 0 Å². The summed E-state index contributed by atoms with van der Waals surface area (Å²) in [7, 11) is 0. The number of anilines is 2. The fourth-order valence-corrected chi connectivity index (χ4v) is 1.76. The molecule has 0 saturated carbocycles. The Labute approximate surface area is 84.5 Å². The van der Waals surface area contributed by atoms with Crippen molar-refractivity contribution in [3.63, 3.8) is 0 Å². The van der Waals surface area contributed by atoms with Gasteiger partial charge in [-0.15, -0.1) is 0 Å². The molecule has 6 nitrogen and oxygen atoms in total. The van der Waals surface area contributed by atoms with Crippen molar-refractivity contribution in [2.24, 2.45) is 0 Å². The van der Waals surface area contributed by atoms with E-state index in [-0.39, 0.29) is 10.7 Å². The van der Waals surface area contributed by atoms with Gasteiger partial charge < -0.3 is 15.4 Å². The van der Waals surface area contributed by atoms with E-state index in [1.165, 1.54) is 0 Å². The number of hydrogen-bond donors (Lipinski definition) is 1. The third-order valence-corrected chi connectivity index (χ3v) is 2.48. The summed E-state index contributed by atoms with van der Waals surface area (Å²) in [4.78, 5) is 16.9. The Morgan fingerprint density at radius 1 is 1.43 bits per heavy atom. The number of nitrogen functional groups attached to an aromatic ring is 1. The van der Waals surface area contributed by atoms with Gasteiger partial charge in [0, 0.05) is 24.6 Å². The Morgan fingerprint density at radius 3 is 2.79 bits per heavy atom. The monoisotopic (exact) mass is 214 g/mol. The molecule has 2 rings (SSSR count). The second-order valence-electron chi connectivity index (χ2n) is 2.86. The normalized spacial score (nSPS) is 17.0. The van der Waals surface area contributed by atoms with E-state index in [0.717, 1.165) is 11.5 Å². The molecule has 2 heterocycles. The van der Waals surface area contributed by atoms with Crippen LogP contribution >= 0.6 is 11.5 Å². The minimum absolute atomic E-state index is 0.201. The Hall–Kier alpha value is -1.21. The van der Waals surface area contributed by atoms with E-state index < -0.39 is 0 Å². The van der Waals surface area contributed by atoms with Crippen LogP contribution in [0.15, 0.2) is 4.79 Å². The lowest BCUT2D eigenvalue weighted by Crippen LogP contribution is -2.39. The second-order valence-corrected chi connectivity index (χ2v) is 3.64. The predicted octanol–water partition coefficient (Wildman–Crippen LogP) is -0.683. The molecule has 7 heteroatoms. The summed E-state index contributed by atoms with van der Waals surface area (Å²) >= 11 is 1.04. The standard InChI is InChI=1S/C7H10N4O2S/c8-7-9-6(12)5(10-14-7)11-1-3-13-4-2-11/h1-4H2,(H2,8,9,12). The molecule has 1 aliphatic heterocycles. The molecule has 1 aromatic heterocycles. The SMILES string of the molecule is Nc1nc(=O)c(N2CCOCC2)ns1. The molecule has 14 heavy (non-hydrogen) atoms. The molecule has 76 valence electrons. The molecule has 0 radical (unpaired) electrons. The summed E-state index contributed by atoms with van der Waals surface area (Å²) in [6, 6.07) is 0. The van der Waals surface area contributed by atoms with E-state index in [4.69, 9.17) is 10.5 Å². The van der Waals surface area contributed by atoms with E-state index in [1.54, 1.807) is 0 Å². The number of hydrogen-bond acceptors (Lipinski definition) is 7. The van der Waals surface area contributed by atoms with Crippen LogP contribution in [-0.4, -0.2) is 35.7 Å². The maximum atomic E-state index is 11.4. The van der Waals surface area contributed by atoms with Crippen molar-refractivity contribution >= 4 is 22.5 Å². The van der Waals surface area contributed by atoms with Crippen molar-refractivity contribution in [2.45, 2.75) is 0 Å². The van der Waals surface area contributed by atoms with Crippen LogP contribution in [0.1, 0.15) is 0 Å². The van der Waals surface area contributed by atoms with Gasteiger partial charge in [0.15, 0.2) is 0 Å². The van der Waals surface area contributed by atoms with Gasteiger partial charge in [0.2, 0.25) is 10.9 Å². The number of aromatic nitrogens is 2. The first-order valence-electron chi connectivity index (χ1n) is 4.23. The van der Waals surface area contributed by atoms with Crippen molar-refractivity contribution in [1.82, 2.24) is 9.36 Å². The van der Waals surface area contributed by atoms with Crippen LogP contribution in [-0.2, 0) is 4.74 Å². The van der Waals surface area contributed by atoms with Crippen LogP contribution < -0.4 is 16.2 Å². The first kappa shape index (κ1) is 9.35. The fourth-order valence-electron chi connectivity index (χ4n) is 1.27. The molecule has 0 aromatic carbocycles. The third-order valence-electron chi connectivity index (χ3n) is 1.94. The number of morpholine rings is 1. The molecule has 0 amide bonds. The van der Waals surface area contributed by atoms with Gasteiger partial charge in [-0.05, 0) is 0 Å². The quantitative estimate of drug-likeness (QED) is 0.667. The maximum Gasteiger partial charge on any atom is 0.316 e. The Bertz CT molecular complexity index is 374. The fraction of sp³-hybridized carbons (Fsp3) is 0.571. The Balaban J connectivity index is 2.26. The number of rotatable bonds is 1. The second kappa shape index (κ2) is 3.89. The van der Waals surface area contributed by atoms with Gasteiger partial charge >= 0.3 is 5.56 Å². The van der Waals surface area contributed by atoms with E-state index in [9.17, 15) is 4.79 Å². The van der Waals surface area contributed by atoms with Gasteiger partial charge in [-0.2, -0.15) is 9.36 Å². The van der Waals surface area contributed by atoms with Crippen LogP contribution in [0.3, 0.4) is 0 Å². The number of nitrogens with zero attached hydrogens (tertiary/aromatic N) is 3. The van der Waals surface area contributed by atoms with Gasteiger partial charge in [0.25, 0.3) is 0 Å². The molecule has 1 fully saturated rings. The largest absolute Gasteiger partial charge is 0.378 e. The third kappa shape index (κ3) is 1.83. The summed E-state index contributed by atoms with van der Waals surface area (Å²) < 4.78 is 9.19. The lowest BCUT2D eigenvalue weighted by Gasteiger charge is -2.26. The van der Waals surface area contributed by atoms with Crippen molar-refractivity contribution < 1.29 is 4.74 Å². The highest BCUT2D eigenvalue weighted by Crippen LogP contribution is 2.09. The molecule has 1 saturated heterocycles. The van der Waals surface area contributed by atoms with Gasteiger partial charge in [0.1, 0.15) is 0 Å². The van der Waals surface area contributed by atoms with Crippen LogP contribution in [0.4, 0.5) is 10.9 Å². The minimum atomic E-state index is -0.358. The average Bonchev–Trinajstić information content (AvgIpc) is 2.19. The first-order valence-corrected chi connectivity index (χ1v) is 5.01. The van der Waals surface area contributed by atoms with Gasteiger partial charge in [-0.1, -0.05) is 0 Å². The predicted molar refractivity (Wildman–Crippen MR) is 53.6 cm³/mol. The van der Waals surface area contributed by atoms with Crippen LogP contribution in [0.5, 0.6) is 0 Å². The topological polar surface area (TPSA) is 81.3 Å². The summed E-state index contributed by atoms with van der Waals surface area (Å²) in [6.07, 6.45) is 0. The number of nitrogens with two attached hydrogens (primary N) is 1. The van der Waals surface area contributed by atoms with Crippen molar-refractivity contribution in [1.29, 1.82) is 0 Å². The molecule has 0 unspecified atom stereocenters. The van der Waals surface area contributed by atoms with Crippen LogP contribution in [0.25, 0.3) is 0 Å². The van der Waals surface area contributed by atoms with Crippen molar-refractivity contribution in [3.8, 4) is 0 Å². The zero-order valence-electron chi connectivity index (χ0n) is 7.47. The lowest BCUT2D eigenvalue weighted by atomic mass is 10.4. The van der Waals surface area contributed by atoms with Gasteiger partial charge in [-0.25, -0.2) is 0 Å². The summed E-state index contributed by atoms with van der Waals surface area (Å²) in [6.45, 7) is 2.60. The molecule has 1 aliphatic rings. The smallest absolute Gasteiger partial charge is 0.316 e. The molecule has 2 N–H and O–H groups in total. The Kier molecular flexibility index (Phi) is 2.60. The summed E-state index contributed by atoms with van der Waals surface area (Å²) in [5.74, 6) is 0.382. The molecule has 1 aromatic rings. The highest BCUT2D eigenvalue weighted by atomic mass is 32.1. The van der Waals surface area contributed by atoms with Crippen LogP contribution in [0.2, 0.25) is 0 Å². The van der Waals surface area contributed by atoms with Gasteiger partial charge in [0.05, 0.1) is 13.2 Å². The van der Waals surface area contributed by atoms with Crippen molar-refractivity contribution in [2.75, 3.05) is 36.9 Å². The molecule has 0 spiro atoms. The lowest BCUT2D eigenvalue weighted by molar-refractivity contribution is 0.122. The van der Waals surface area contributed by atoms with E-state index in [2.05, 4.69) is 9.36 Å². The molecule has 0 atom stereocenters. The molecular formula is C7H10N4O2S. The van der Waals surface area contributed by atoms with E-state index >= 15 is 0 Å². The summed E-state index contributed by atoms with van der Waals surface area (Å²) in [5.41, 5.74) is 5.00. The zero-order valence-corrected chi connectivity index (χ0v) is 8.29. The van der Waals surface area contributed by atoms with Gasteiger partial charge in [-0.3, -0.25) is 4.79 Å². The molecule has 0 bridgehead atoms. The summed E-state index contributed by atoms with van der Waals surface area (Å²) in [5, 5.41) is 0.201. The zero-order chi connectivity index (χ0) is 9.97. The first-order chi connectivity index (χ1) is 6.77. The Morgan fingerprint density at radius 2 is 2.14 bits per heavy atom. The molecule has 0 aliphatic carbocycles. The highest BCUT2D eigenvalue weighted by Gasteiger charge is 2.16. The highest BCUT2D eigenvalue weighted by molar-refractivity contribution is 7.09. The maximum absolute atomic E-state index is 11.4. The average molecular weight is 214 g/mol. The van der Waals surface area contributed by atoms with E-state index in [0.29, 0.717) is 32.1 Å². The molecular weight excluding hydrogens is 204 g/mol. The van der Waals surface area contributed by atoms with E-state index in [1.807, 2.05) is 4.90 Å².